The molecule has 2 rings (SSSR count). The highest BCUT2D eigenvalue weighted by Gasteiger charge is 2.17. The molecule has 0 spiro atoms. The number of nitrogens with zero attached hydrogens (tertiary/aromatic N) is 2. The molecule has 0 saturated heterocycles. The van der Waals surface area contributed by atoms with E-state index < -0.39 is 15.8 Å². The number of aromatic nitrogens is 2. The molecule has 0 atom stereocenters. The Bertz CT molecular complexity index is 712. The second-order valence-electron chi connectivity index (χ2n) is 4.36. The second-order valence-corrected chi connectivity index (χ2v) is 6.10. The Morgan fingerprint density at radius 2 is 2.20 bits per heavy atom. The van der Waals surface area contributed by atoms with E-state index in [2.05, 4.69) is 9.82 Å². The van der Waals surface area contributed by atoms with Gasteiger partial charge in [-0.1, -0.05) is 0 Å². The van der Waals surface area contributed by atoms with Crippen molar-refractivity contribution in [1.82, 2.24) is 14.5 Å². The topological polar surface area (TPSA) is 90.0 Å². The predicted octanol–water partition coefficient (Wildman–Crippen LogP) is 0.891. The summed E-state index contributed by atoms with van der Waals surface area (Å²) in [6, 6.07) is 3.18. The van der Waals surface area contributed by atoms with Gasteiger partial charge in [0.2, 0.25) is 10.0 Å². The third-order valence-corrected chi connectivity index (χ3v) is 4.19. The van der Waals surface area contributed by atoms with Gasteiger partial charge in [-0.05, 0) is 30.7 Å². The Kier molecular flexibility index (Phi) is 4.05. The SMILES string of the molecule is Cc1cnn(CCNS(=O)(=O)c2ccc(F)cc2N)c1. The highest BCUT2D eigenvalue weighted by Crippen LogP contribution is 2.18. The van der Waals surface area contributed by atoms with Gasteiger partial charge >= 0.3 is 0 Å². The largest absolute Gasteiger partial charge is 0.398 e. The van der Waals surface area contributed by atoms with Gasteiger partial charge in [-0.3, -0.25) is 4.68 Å². The van der Waals surface area contributed by atoms with Gasteiger partial charge in [0.15, 0.2) is 0 Å². The number of nitrogens with two attached hydrogens (primary N) is 1. The van der Waals surface area contributed by atoms with Gasteiger partial charge in [-0.25, -0.2) is 17.5 Å². The minimum absolute atomic E-state index is 0.118. The van der Waals surface area contributed by atoms with Crippen LogP contribution in [0.4, 0.5) is 10.1 Å². The van der Waals surface area contributed by atoms with Crippen LogP contribution in [-0.4, -0.2) is 24.7 Å². The lowest BCUT2D eigenvalue weighted by Crippen LogP contribution is -2.28. The number of rotatable bonds is 5. The van der Waals surface area contributed by atoms with Gasteiger partial charge in [0.25, 0.3) is 0 Å². The van der Waals surface area contributed by atoms with E-state index in [-0.39, 0.29) is 17.1 Å². The first-order valence-corrected chi connectivity index (χ1v) is 7.40. The predicted molar refractivity (Wildman–Crippen MR) is 73.0 cm³/mol. The first-order chi connectivity index (χ1) is 9.38. The summed E-state index contributed by atoms with van der Waals surface area (Å²) in [5.41, 5.74) is 6.39. The van der Waals surface area contributed by atoms with Crippen molar-refractivity contribution in [3.8, 4) is 0 Å². The number of hydrogen-bond acceptors (Lipinski definition) is 4. The van der Waals surface area contributed by atoms with E-state index in [0.29, 0.717) is 6.54 Å². The van der Waals surface area contributed by atoms with Gasteiger partial charge in [-0.2, -0.15) is 5.10 Å². The van der Waals surface area contributed by atoms with Crippen LogP contribution in [0.15, 0.2) is 35.5 Å². The molecular formula is C12H15FN4O2S. The lowest BCUT2D eigenvalue weighted by atomic mass is 10.3. The minimum atomic E-state index is -3.75. The molecule has 0 saturated carbocycles. The fraction of sp³-hybridized carbons (Fsp3) is 0.250. The molecule has 0 unspecified atom stereocenters. The molecule has 2 aromatic rings. The van der Waals surface area contributed by atoms with Gasteiger partial charge in [0.05, 0.1) is 18.4 Å². The summed E-state index contributed by atoms with van der Waals surface area (Å²) in [6.07, 6.45) is 3.49. The van der Waals surface area contributed by atoms with E-state index in [1.807, 2.05) is 6.92 Å². The fourth-order valence-electron chi connectivity index (χ4n) is 1.73. The fourth-order valence-corrected chi connectivity index (χ4v) is 2.86. The van der Waals surface area contributed by atoms with E-state index in [0.717, 1.165) is 23.8 Å². The second kappa shape index (κ2) is 5.59. The van der Waals surface area contributed by atoms with Crippen molar-refractivity contribution in [3.05, 3.63) is 42.0 Å². The zero-order valence-corrected chi connectivity index (χ0v) is 11.7. The maximum absolute atomic E-state index is 12.9. The third kappa shape index (κ3) is 3.34. The van der Waals surface area contributed by atoms with E-state index in [1.165, 1.54) is 0 Å². The first kappa shape index (κ1) is 14.5. The summed E-state index contributed by atoms with van der Waals surface area (Å²) < 4.78 is 41.0. The van der Waals surface area contributed by atoms with Crippen molar-refractivity contribution in [2.24, 2.45) is 0 Å². The number of nitrogens with one attached hydrogen (secondary N) is 1. The molecule has 108 valence electrons. The first-order valence-electron chi connectivity index (χ1n) is 5.92. The van der Waals surface area contributed by atoms with Crippen molar-refractivity contribution in [3.63, 3.8) is 0 Å². The number of hydrogen-bond donors (Lipinski definition) is 2. The molecule has 0 aliphatic heterocycles. The van der Waals surface area contributed by atoms with Crippen LogP contribution in [0.3, 0.4) is 0 Å². The van der Waals surface area contributed by atoms with Crippen LogP contribution >= 0.6 is 0 Å². The molecule has 6 nitrogen and oxygen atoms in total. The van der Waals surface area contributed by atoms with Crippen LogP contribution < -0.4 is 10.5 Å². The summed E-state index contributed by atoms with van der Waals surface area (Å²) in [6.45, 7) is 2.46. The van der Waals surface area contributed by atoms with E-state index in [9.17, 15) is 12.8 Å². The van der Waals surface area contributed by atoms with Gasteiger partial charge in [0, 0.05) is 12.7 Å². The maximum atomic E-state index is 12.9. The zero-order valence-electron chi connectivity index (χ0n) is 10.9. The zero-order chi connectivity index (χ0) is 14.8. The standard InChI is InChI=1S/C12H15FN4O2S/c1-9-7-15-17(8-9)5-4-16-20(18,19)12-3-2-10(13)6-11(12)14/h2-3,6-8,16H,4-5,14H2,1H3. The van der Waals surface area contributed by atoms with E-state index in [4.69, 9.17) is 5.73 Å². The number of anilines is 1. The maximum Gasteiger partial charge on any atom is 0.242 e. The van der Waals surface area contributed by atoms with Crippen molar-refractivity contribution < 1.29 is 12.8 Å². The van der Waals surface area contributed by atoms with Crippen LogP contribution in [0.5, 0.6) is 0 Å². The molecule has 1 aromatic heterocycles. The van der Waals surface area contributed by atoms with E-state index >= 15 is 0 Å². The number of benzene rings is 1. The number of sulfonamides is 1. The van der Waals surface area contributed by atoms with Gasteiger partial charge in [0.1, 0.15) is 10.7 Å². The Balaban J connectivity index is 2.04. The Labute approximate surface area is 116 Å². The molecule has 3 N–H and O–H groups in total. The number of halogens is 1. The smallest absolute Gasteiger partial charge is 0.242 e. The van der Waals surface area contributed by atoms with Gasteiger partial charge < -0.3 is 5.73 Å². The average molecular weight is 298 g/mol. The van der Waals surface area contributed by atoms with Crippen molar-refractivity contribution in [1.29, 1.82) is 0 Å². The van der Waals surface area contributed by atoms with Crippen LogP contribution in [0, 0.1) is 12.7 Å². The lowest BCUT2D eigenvalue weighted by molar-refractivity contribution is 0.560. The summed E-state index contributed by atoms with van der Waals surface area (Å²) in [4.78, 5) is -0.129. The summed E-state index contributed by atoms with van der Waals surface area (Å²) in [5, 5.41) is 4.04. The Hall–Kier alpha value is -1.93. The van der Waals surface area contributed by atoms with Crippen molar-refractivity contribution >= 4 is 15.7 Å². The quantitative estimate of drug-likeness (QED) is 0.802. The molecule has 20 heavy (non-hydrogen) atoms. The van der Waals surface area contributed by atoms with Crippen LogP contribution in [0.2, 0.25) is 0 Å². The summed E-state index contributed by atoms with van der Waals surface area (Å²) in [5.74, 6) is -0.575. The molecule has 0 aliphatic rings. The van der Waals surface area contributed by atoms with E-state index in [1.54, 1.807) is 17.1 Å². The Morgan fingerprint density at radius 3 is 2.80 bits per heavy atom. The highest BCUT2D eigenvalue weighted by molar-refractivity contribution is 7.89. The molecule has 0 amide bonds. The van der Waals surface area contributed by atoms with Crippen LogP contribution in [0.25, 0.3) is 0 Å². The normalized spacial score (nSPS) is 11.7. The van der Waals surface area contributed by atoms with Gasteiger partial charge in [-0.15, -0.1) is 0 Å². The monoisotopic (exact) mass is 298 g/mol. The number of aryl methyl sites for hydroxylation is 1. The molecule has 0 fully saturated rings. The molecular weight excluding hydrogens is 283 g/mol. The molecule has 8 heteroatoms. The van der Waals surface area contributed by atoms with Crippen LogP contribution in [0.1, 0.15) is 5.56 Å². The van der Waals surface area contributed by atoms with Crippen LogP contribution in [-0.2, 0) is 16.6 Å². The Morgan fingerprint density at radius 1 is 1.45 bits per heavy atom. The molecule has 1 aromatic carbocycles. The van der Waals surface area contributed by atoms with Crippen molar-refractivity contribution in [2.45, 2.75) is 18.4 Å². The number of nitrogen functional groups attached to an aromatic ring is 1. The molecule has 0 bridgehead atoms. The summed E-state index contributed by atoms with van der Waals surface area (Å²) >= 11 is 0. The van der Waals surface area contributed by atoms with Crippen molar-refractivity contribution in [2.75, 3.05) is 12.3 Å². The summed E-state index contributed by atoms with van der Waals surface area (Å²) in [7, 11) is -3.75. The molecule has 1 heterocycles. The average Bonchev–Trinajstić information content (AvgIpc) is 2.74. The lowest BCUT2D eigenvalue weighted by Gasteiger charge is -2.09. The minimum Gasteiger partial charge on any atom is -0.398 e. The molecule has 0 radical (unpaired) electrons. The highest BCUT2D eigenvalue weighted by atomic mass is 32.2. The molecule has 0 aliphatic carbocycles. The third-order valence-electron chi connectivity index (χ3n) is 2.66.